The van der Waals surface area contributed by atoms with Crippen molar-refractivity contribution in [3.05, 3.63) is 130 Å². The third kappa shape index (κ3) is 5.16. The molecule has 0 unspecified atom stereocenters. The molecule has 1 aliphatic heterocycles. The Hall–Kier alpha value is -4.51. The Morgan fingerprint density at radius 3 is 2.64 bits per heavy atom. The van der Waals surface area contributed by atoms with Crippen LogP contribution in [-0.2, 0) is 9.53 Å². The van der Waals surface area contributed by atoms with Crippen LogP contribution < -0.4 is 20.2 Å². The highest BCUT2D eigenvalue weighted by atomic mass is 35.5. The lowest BCUT2D eigenvalue weighted by Crippen LogP contribution is -2.40. The Morgan fingerprint density at radius 1 is 1.10 bits per heavy atom. The first-order chi connectivity index (χ1) is 20.3. The molecule has 3 aromatic heterocycles. The number of amides is 1. The number of thiazole rings is 1. The number of methoxy groups -OCH3 is 1. The predicted octanol–water partition coefficient (Wildman–Crippen LogP) is 5.64. The number of carbonyl (C=O) groups is 2. The van der Waals surface area contributed by atoms with E-state index in [0.29, 0.717) is 54.0 Å². The van der Waals surface area contributed by atoms with E-state index in [1.165, 1.54) is 29.8 Å². The standard InChI is InChI=1S/C31H22ClN3O5S2/c1-17-26(28(36)34-19-7-4-3-5-8-19)27(24-9-6-14-41-24)35-29(37)25(42-31(35)33-17)16-20-11-13-23(40-20)22-15-18(32)10-12-21(22)30(38)39-2/h3-16,27H,1-2H3,(H,34,36)/b25-16+/t27-/m0/s1. The number of aromatic nitrogens is 1. The molecule has 8 nitrogen and oxygen atoms in total. The topological polar surface area (TPSA) is 103 Å². The lowest BCUT2D eigenvalue weighted by Gasteiger charge is -2.24. The fourth-order valence-corrected chi connectivity index (χ4v) is 6.78. The molecule has 0 aliphatic carbocycles. The number of benzene rings is 2. The number of nitrogens with one attached hydrogen (secondary N) is 1. The largest absolute Gasteiger partial charge is 0.465 e. The van der Waals surface area contributed by atoms with E-state index in [2.05, 4.69) is 10.3 Å². The second kappa shape index (κ2) is 11.4. The first kappa shape index (κ1) is 27.6. The summed E-state index contributed by atoms with van der Waals surface area (Å²) in [7, 11) is 1.30. The van der Waals surface area contributed by atoms with E-state index >= 15 is 0 Å². The number of nitrogens with zero attached hydrogens (tertiary/aromatic N) is 2. The molecule has 210 valence electrons. The molecule has 5 aromatic rings. The minimum absolute atomic E-state index is 0.300. The second-order valence-electron chi connectivity index (χ2n) is 9.30. The SMILES string of the molecule is COC(=O)c1ccc(Cl)cc1-c1ccc(/C=c2/sc3n(c2=O)[C@@H](c2cccs2)C(C(=O)Nc2ccccc2)=C(C)N=3)o1. The third-order valence-corrected chi connectivity index (χ3v) is 8.81. The van der Waals surface area contributed by atoms with Crippen LogP contribution in [0, 0.1) is 0 Å². The number of ether oxygens (including phenoxy) is 1. The Morgan fingerprint density at radius 2 is 1.90 bits per heavy atom. The number of para-hydroxylation sites is 1. The summed E-state index contributed by atoms with van der Waals surface area (Å²) < 4.78 is 12.9. The molecule has 11 heteroatoms. The molecule has 0 saturated carbocycles. The van der Waals surface area contributed by atoms with Gasteiger partial charge in [-0.05, 0) is 60.8 Å². The molecule has 0 radical (unpaired) electrons. The highest BCUT2D eigenvalue weighted by molar-refractivity contribution is 7.10. The van der Waals surface area contributed by atoms with Gasteiger partial charge >= 0.3 is 5.97 Å². The van der Waals surface area contributed by atoms with Gasteiger partial charge in [0.05, 0.1) is 28.5 Å². The third-order valence-electron chi connectivity index (χ3n) is 6.66. The summed E-state index contributed by atoms with van der Waals surface area (Å²) in [5.41, 5.74) is 2.05. The molecule has 2 aromatic carbocycles. The fraction of sp³-hybridized carbons (Fsp3) is 0.0968. The number of hydrogen-bond acceptors (Lipinski definition) is 8. The Kier molecular flexibility index (Phi) is 7.51. The number of halogens is 1. The zero-order chi connectivity index (χ0) is 29.4. The fourth-order valence-electron chi connectivity index (χ4n) is 4.76. The number of furan rings is 1. The molecule has 0 saturated heterocycles. The lowest BCUT2D eigenvalue weighted by molar-refractivity contribution is -0.113. The van der Waals surface area contributed by atoms with Gasteiger partial charge in [-0.1, -0.05) is 47.2 Å². The van der Waals surface area contributed by atoms with Crippen LogP contribution in [0.4, 0.5) is 5.69 Å². The van der Waals surface area contributed by atoms with Gasteiger partial charge in [0.25, 0.3) is 11.5 Å². The van der Waals surface area contributed by atoms with Crippen molar-refractivity contribution in [2.75, 3.05) is 12.4 Å². The molecule has 0 bridgehead atoms. The predicted molar refractivity (Wildman–Crippen MR) is 164 cm³/mol. The highest BCUT2D eigenvalue weighted by Crippen LogP contribution is 2.33. The normalized spacial score (nSPS) is 14.8. The highest BCUT2D eigenvalue weighted by Gasteiger charge is 2.33. The van der Waals surface area contributed by atoms with Crippen LogP contribution >= 0.6 is 34.3 Å². The van der Waals surface area contributed by atoms with Crippen molar-refractivity contribution >= 4 is 57.9 Å². The van der Waals surface area contributed by atoms with Gasteiger partial charge in [-0.25, -0.2) is 9.79 Å². The molecule has 1 N–H and O–H groups in total. The van der Waals surface area contributed by atoms with Crippen LogP contribution in [0.1, 0.15) is 34.0 Å². The van der Waals surface area contributed by atoms with Gasteiger partial charge in [-0.15, -0.1) is 11.3 Å². The maximum atomic E-state index is 13.9. The molecule has 0 spiro atoms. The van der Waals surface area contributed by atoms with Crippen molar-refractivity contribution in [3.63, 3.8) is 0 Å². The molecule has 0 fully saturated rings. The number of rotatable bonds is 6. The van der Waals surface area contributed by atoms with E-state index in [1.54, 1.807) is 60.0 Å². The molecule has 4 heterocycles. The van der Waals surface area contributed by atoms with Gasteiger partial charge in [-0.2, -0.15) is 0 Å². The van der Waals surface area contributed by atoms with E-state index in [0.717, 1.165) is 4.88 Å². The van der Waals surface area contributed by atoms with E-state index in [9.17, 15) is 14.4 Å². The number of fused-ring (bicyclic) bond motifs is 1. The zero-order valence-corrected chi connectivity index (χ0v) is 24.7. The molecule has 1 amide bonds. The van der Waals surface area contributed by atoms with Crippen LogP contribution in [0.2, 0.25) is 5.02 Å². The minimum atomic E-state index is -0.645. The smallest absolute Gasteiger partial charge is 0.338 e. The summed E-state index contributed by atoms with van der Waals surface area (Å²) in [5.74, 6) is -0.0571. The average Bonchev–Trinajstić information content (AvgIpc) is 3.74. The maximum Gasteiger partial charge on any atom is 0.338 e. The monoisotopic (exact) mass is 615 g/mol. The van der Waals surface area contributed by atoms with Crippen LogP contribution in [0.5, 0.6) is 0 Å². The van der Waals surface area contributed by atoms with E-state index in [-0.39, 0.29) is 11.5 Å². The van der Waals surface area contributed by atoms with E-state index in [1.807, 2.05) is 35.7 Å². The molecular weight excluding hydrogens is 594 g/mol. The molecule has 6 rings (SSSR count). The van der Waals surface area contributed by atoms with Crippen molar-refractivity contribution in [3.8, 4) is 11.3 Å². The minimum Gasteiger partial charge on any atom is -0.465 e. The van der Waals surface area contributed by atoms with E-state index in [4.69, 9.17) is 20.8 Å². The van der Waals surface area contributed by atoms with E-state index < -0.39 is 12.0 Å². The van der Waals surface area contributed by atoms with Gasteiger partial charge in [-0.3, -0.25) is 14.2 Å². The zero-order valence-electron chi connectivity index (χ0n) is 22.3. The average molecular weight is 616 g/mol. The van der Waals surface area contributed by atoms with Crippen molar-refractivity contribution in [1.29, 1.82) is 0 Å². The summed E-state index contributed by atoms with van der Waals surface area (Å²) >= 11 is 8.87. The Labute approximate surface area is 252 Å². The van der Waals surface area contributed by atoms with Gasteiger partial charge < -0.3 is 14.5 Å². The first-order valence-corrected chi connectivity index (χ1v) is 14.8. The molecular formula is C31H22ClN3O5S2. The summed E-state index contributed by atoms with van der Waals surface area (Å²) in [6.07, 6.45) is 1.63. The van der Waals surface area contributed by atoms with Gasteiger partial charge in [0.15, 0.2) is 4.80 Å². The summed E-state index contributed by atoms with van der Waals surface area (Å²) in [5, 5.41) is 5.28. The quantitative estimate of drug-likeness (QED) is 0.249. The number of carbonyl (C=O) groups excluding carboxylic acids is 2. The molecule has 1 aliphatic rings. The number of allylic oxidation sites excluding steroid dienone is 1. The van der Waals surface area contributed by atoms with Crippen LogP contribution in [0.15, 0.2) is 104 Å². The molecule has 1 atom stereocenters. The van der Waals surface area contributed by atoms with Crippen molar-refractivity contribution < 1.29 is 18.7 Å². The van der Waals surface area contributed by atoms with Crippen molar-refractivity contribution in [1.82, 2.24) is 4.57 Å². The maximum absolute atomic E-state index is 13.9. The number of hydrogen-bond donors (Lipinski definition) is 1. The summed E-state index contributed by atoms with van der Waals surface area (Å²) in [4.78, 5) is 45.7. The summed E-state index contributed by atoms with van der Waals surface area (Å²) in [6, 6.07) is 20.5. The van der Waals surface area contributed by atoms with Gasteiger partial charge in [0.1, 0.15) is 17.6 Å². The van der Waals surface area contributed by atoms with Crippen LogP contribution in [0.3, 0.4) is 0 Å². The van der Waals surface area contributed by atoms with Gasteiger partial charge in [0.2, 0.25) is 0 Å². The first-order valence-electron chi connectivity index (χ1n) is 12.7. The lowest BCUT2D eigenvalue weighted by atomic mass is 10.0. The summed E-state index contributed by atoms with van der Waals surface area (Å²) in [6.45, 7) is 1.78. The second-order valence-corrected chi connectivity index (χ2v) is 11.7. The number of esters is 1. The van der Waals surface area contributed by atoms with Crippen LogP contribution in [-0.4, -0.2) is 23.6 Å². The van der Waals surface area contributed by atoms with Crippen molar-refractivity contribution in [2.24, 2.45) is 4.99 Å². The van der Waals surface area contributed by atoms with Crippen LogP contribution in [0.25, 0.3) is 17.4 Å². The number of anilines is 1. The Bertz CT molecular complexity index is 2040. The van der Waals surface area contributed by atoms with Crippen molar-refractivity contribution in [2.45, 2.75) is 13.0 Å². The van der Waals surface area contributed by atoms with Gasteiger partial charge in [0, 0.05) is 27.2 Å². The Balaban J connectivity index is 1.42. The molecule has 42 heavy (non-hydrogen) atoms. The number of thiophene rings is 1.